The molecule has 5 rings (SSSR count). The fraction of sp³-hybridized carbons (Fsp3) is 0.348. The largest absolute Gasteiger partial charge is 0.348 e. The number of hydrogen-bond acceptors (Lipinski definition) is 6. The normalized spacial score (nSPS) is 19.8. The maximum atomic E-state index is 12.8. The van der Waals surface area contributed by atoms with Crippen LogP contribution in [0.15, 0.2) is 34.2 Å². The molecule has 1 fully saturated rings. The Morgan fingerprint density at radius 3 is 2.94 bits per heavy atom. The van der Waals surface area contributed by atoms with Gasteiger partial charge in [0, 0.05) is 29.4 Å². The van der Waals surface area contributed by atoms with Gasteiger partial charge in [0.2, 0.25) is 0 Å². The van der Waals surface area contributed by atoms with Crippen LogP contribution >= 0.6 is 34.7 Å². The highest BCUT2D eigenvalue weighted by molar-refractivity contribution is 7.98. The van der Waals surface area contributed by atoms with E-state index in [9.17, 15) is 4.79 Å². The summed E-state index contributed by atoms with van der Waals surface area (Å²) in [7, 11) is 0. The summed E-state index contributed by atoms with van der Waals surface area (Å²) in [6, 6.07) is 6.31. The summed E-state index contributed by atoms with van der Waals surface area (Å²) in [5.74, 6) is -0.111. The molecule has 5 nitrogen and oxygen atoms in total. The lowest BCUT2D eigenvalue weighted by Crippen LogP contribution is -2.34. The first-order chi connectivity index (χ1) is 15.0. The van der Waals surface area contributed by atoms with Crippen molar-refractivity contribution < 1.29 is 0 Å². The zero-order chi connectivity index (χ0) is 21.5. The van der Waals surface area contributed by atoms with Crippen molar-refractivity contribution >= 4 is 46.9 Å². The standard InChI is InChI=1S/C23H23ClN4OS2/c1-13-26-21-19(31-13)8-5-14-10-15(24)6-7-17(14)20(21)18-12-28(11-16-4-3-9-25-16)23(29)27-22(18)30-2/h5-8,10,12,16,20,25H,3-4,9,11H2,1-2H3. The molecule has 2 unspecified atom stereocenters. The van der Waals surface area contributed by atoms with Crippen molar-refractivity contribution in [2.75, 3.05) is 12.8 Å². The van der Waals surface area contributed by atoms with Crippen LogP contribution in [0, 0.1) is 6.92 Å². The summed E-state index contributed by atoms with van der Waals surface area (Å²) in [6.07, 6.45) is 10.4. The second kappa shape index (κ2) is 8.54. The highest BCUT2D eigenvalue weighted by Gasteiger charge is 2.30. The molecule has 2 aliphatic rings. The van der Waals surface area contributed by atoms with Gasteiger partial charge in [0.05, 0.1) is 21.5 Å². The zero-order valence-electron chi connectivity index (χ0n) is 17.4. The predicted molar refractivity (Wildman–Crippen MR) is 129 cm³/mol. The van der Waals surface area contributed by atoms with Crippen molar-refractivity contribution in [3.8, 4) is 0 Å². The molecule has 0 saturated carbocycles. The Bertz CT molecular complexity index is 1230. The van der Waals surface area contributed by atoms with Crippen molar-refractivity contribution in [3.05, 3.63) is 72.2 Å². The van der Waals surface area contributed by atoms with Gasteiger partial charge in [-0.15, -0.1) is 23.1 Å². The summed E-state index contributed by atoms with van der Waals surface area (Å²) >= 11 is 9.51. The van der Waals surface area contributed by atoms with Gasteiger partial charge in [0.15, 0.2) is 0 Å². The van der Waals surface area contributed by atoms with E-state index in [2.05, 4.69) is 28.5 Å². The van der Waals surface area contributed by atoms with Crippen LogP contribution in [0.4, 0.5) is 0 Å². The number of benzene rings is 1. The second-order valence-electron chi connectivity index (χ2n) is 7.96. The summed E-state index contributed by atoms with van der Waals surface area (Å²) in [6.45, 7) is 3.68. The summed E-state index contributed by atoms with van der Waals surface area (Å²) in [5, 5.41) is 5.97. The average molecular weight is 471 g/mol. The first-order valence-electron chi connectivity index (χ1n) is 10.4. The molecule has 1 saturated heterocycles. The highest BCUT2D eigenvalue weighted by atomic mass is 35.5. The number of thioether (sulfide) groups is 1. The van der Waals surface area contributed by atoms with Crippen molar-refractivity contribution in [2.24, 2.45) is 0 Å². The number of hydrogen-bond donors (Lipinski definition) is 1. The molecular formula is C23H23ClN4OS2. The van der Waals surface area contributed by atoms with Crippen LogP contribution in [-0.4, -0.2) is 33.4 Å². The van der Waals surface area contributed by atoms with Gasteiger partial charge in [-0.3, -0.25) is 4.57 Å². The summed E-state index contributed by atoms with van der Waals surface area (Å²) < 4.78 is 1.77. The molecule has 1 aromatic carbocycles. The quantitative estimate of drug-likeness (QED) is 0.343. The number of aryl methyl sites for hydroxylation is 1. The summed E-state index contributed by atoms with van der Waals surface area (Å²) in [5.41, 5.74) is 4.04. The molecule has 2 atom stereocenters. The lowest BCUT2D eigenvalue weighted by Gasteiger charge is -2.22. The minimum absolute atomic E-state index is 0.111. The van der Waals surface area contributed by atoms with E-state index in [1.165, 1.54) is 11.8 Å². The minimum Gasteiger partial charge on any atom is -0.312 e. The number of fused-ring (bicyclic) bond motifs is 2. The van der Waals surface area contributed by atoms with Gasteiger partial charge in [0.25, 0.3) is 0 Å². The van der Waals surface area contributed by atoms with E-state index in [-0.39, 0.29) is 11.6 Å². The van der Waals surface area contributed by atoms with Crippen LogP contribution in [0.25, 0.3) is 12.2 Å². The molecule has 1 N–H and O–H groups in total. The first-order valence-corrected chi connectivity index (χ1v) is 12.8. The molecule has 2 aromatic heterocycles. The lowest BCUT2D eigenvalue weighted by molar-refractivity contribution is 0.487. The second-order valence-corrected chi connectivity index (χ2v) is 10.4. The molecule has 0 spiro atoms. The fourth-order valence-corrected chi connectivity index (χ4v) is 6.12. The van der Waals surface area contributed by atoms with Gasteiger partial charge in [-0.2, -0.15) is 4.98 Å². The topological polar surface area (TPSA) is 59.8 Å². The minimum atomic E-state index is -0.195. The number of nitrogens with one attached hydrogen (secondary N) is 1. The van der Waals surface area contributed by atoms with E-state index in [4.69, 9.17) is 16.6 Å². The third-order valence-electron chi connectivity index (χ3n) is 5.90. The molecule has 0 radical (unpaired) electrons. The van der Waals surface area contributed by atoms with Gasteiger partial charge in [0.1, 0.15) is 5.03 Å². The monoisotopic (exact) mass is 470 g/mol. The molecule has 3 heterocycles. The molecule has 0 amide bonds. The third-order valence-corrected chi connectivity index (χ3v) is 7.80. The molecule has 0 bridgehead atoms. The Kier molecular flexibility index (Phi) is 5.77. The van der Waals surface area contributed by atoms with Crippen molar-refractivity contribution in [2.45, 2.75) is 43.3 Å². The smallest absolute Gasteiger partial charge is 0.312 e. The Morgan fingerprint density at radius 2 is 2.16 bits per heavy atom. The lowest BCUT2D eigenvalue weighted by atomic mass is 9.87. The first kappa shape index (κ1) is 20.9. The number of thiazole rings is 1. The van der Waals surface area contributed by atoms with Crippen LogP contribution in [-0.2, 0) is 6.54 Å². The molecule has 8 heteroatoms. The van der Waals surface area contributed by atoms with Crippen LogP contribution in [0.2, 0.25) is 5.02 Å². The van der Waals surface area contributed by atoms with E-state index in [1.807, 2.05) is 31.5 Å². The van der Waals surface area contributed by atoms with Crippen molar-refractivity contribution in [1.29, 1.82) is 0 Å². The molecule has 1 aliphatic heterocycles. The maximum Gasteiger partial charge on any atom is 0.348 e. The Hall–Kier alpha value is -1.93. The van der Waals surface area contributed by atoms with Gasteiger partial charge in [-0.1, -0.05) is 23.7 Å². The van der Waals surface area contributed by atoms with Crippen molar-refractivity contribution in [3.63, 3.8) is 0 Å². The van der Waals surface area contributed by atoms with E-state index in [0.29, 0.717) is 17.6 Å². The Balaban J connectivity index is 1.71. The molecule has 160 valence electrons. The predicted octanol–water partition coefficient (Wildman–Crippen LogP) is 4.80. The van der Waals surface area contributed by atoms with Crippen molar-refractivity contribution in [1.82, 2.24) is 19.9 Å². The van der Waals surface area contributed by atoms with Gasteiger partial charge >= 0.3 is 5.69 Å². The Morgan fingerprint density at radius 1 is 1.29 bits per heavy atom. The number of rotatable bonds is 4. The molecule has 3 aromatic rings. The highest BCUT2D eigenvalue weighted by Crippen LogP contribution is 2.43. The SMILES string of the molecule is CSc1nc(=O)n(CC2CCCN2)cc1C1c2ccc(Cl)cc2C=Cc2sc(C)nc21. The van der Waals surface area contributed by atoms with E-state index in [0.717, 1.165) is 56.7 Å². The number of aromatic nitrogens is 3. The van der Waals surface area contributed by atoms with Gasteiger partial charge < -0.3 is 5.32 Å². The zero-order valence-corrected chi connectivity index (χ0v) is 19.8. The average Bonchev–Trinajstić information content (AvgIpc) is 3.36. The van der Waals surface area contributed by atoms with Crippen LogP contribution in [0.1, 0.15) is 51.0 Å². The number of halogens is 1. The van der Waals surface area contributed by atoms with Crippen LogP contribution in [0.3, 0.4) is 0 Å². The van der Waals surface area contributed by atoms with Gasteiger partial charge in [-0.25, -0.2) is 9.78 Å². The van der Waals surface area contributed by atoms with Crippen LogP contribution < -0.4 is 11.0 Å². The van der Waals surface area contributed by atoms with Crippen LogP contribution in [0.5, 0.6) is 0 Å². The van der Waals surface area contributed by atoms with Gasteiger partial charge in [-0.05, 0) is 61.9 Å². The number of nitrogens with zero attached hydrogens (tertiary/aromatic N) is 3. The van der Waals surface area contributed by atoms with E-state index in [1.54, 1.807) is 15.9 Å². The van der Waals surface area contributed by atoms with E-state index >= 15 is 0 Å². The van der Waals surface area contributed by atoms with E-state index < -0.39 is 0 Å². The fourth-order valence-electron chi connectivity index (χ4n) is 4.50. The Labute approximate surface area is 194 Å². The summed E-state index contributed by atoms with van der Waals surface area (Å²) in [4.78, 5) is 23.3. The molecule has 1 aliphatic carbocycles. The molecule has 31 heavy (non-hydrogen) atoms. The third kappa shape index (κ3) is 4.00. The molecular weight excluding hydrogens is 448 g/mol. The maximum absolute atomic E-state index is 12.8.